The van der Waals surface area contributed by atoms with Crippen LogP contribution in [-0.4, -0.2) is 39.1 Å². The molecule has 1 heterocycles. The number of hydrogen-bond acceptors (Lipinski definition) is 6. The predicted molar refractivity (Wildman–Crippen MR) is 144 cm³/mol. The topological polar surface area (TPSA) is 117 Å². The Hall–Kier alpha value is -4.37. The van der Waals surface area contributed by atoms with E-state index in [2.05, 4.69) is 5.32 Å². The molecule has 0 unspecified atom stereocenters. The van der Waals surface area contributed by atoms with E-state index in [0.29, 0.717) is 16.8 Å². The summed E-state index contributed by atoms with van der Waals surface area (Å²) in [6, 6.07) is 16.2. The Kier molecular flexibility index (Phi) is 8.68. The van der Waals surface area contributed by atoms with E-state index in [9.17, 15) is 36.4 Å². The van der Waals surface area contributed by atoms with Crippen molar-refractivity contribution in [2.75, 3.05) is 23.8 Å². The number of anilines is 1. The van der Waals surface area contributed by atoms with Gasteiger partial charge in [-0.05, 0) is 53.6 Å². The number of alkyl halides is 3. The number of fused-ring (bicyclic) bond motifs is 1. The minimum atomic E-state index is -4.47. The van der Waals surface area contributed by atoms with Crippen molar-refractivity contribution < 1.29 is 35.9 Å². The molecular formula is C29H26F3N3O5S. The first-order valence-corrected chi connectivity index (χ1v) is 14.3. The van der Waals surface area contributed by atoms with Crippen LogP contribution < -0.4 is 15.0 Å². The van der Waals surface area contributed by atoms with Gasteiger partial charge < -0.3 is 15.0 Å². The Bertz CT molecular complexity index is 1580. The zero-order chi connectivity index (χ0) is 29.8. The van der Waals surface area contributed by atoms with Gasteiger partial charge in [-0.1, -0.05) is 31.2 Å². The first-order chi connectivity index (χ1) is 19.4. The smallest absolute Gasteiger partial charge is 0.416 e. The number of halogens is 3. The molecule has 41 heavy (non-hydrogen) atoms. The number of carbonyl (C=O) groups excluding carboxylic acids is 2. The molecule has 1 atom stereocenters. The second-order valence-electron chi connectivity index (χ2n) is 9.31. The van der Waals surface area contributed by atoms with Gasteiger partial charge >= 0.3 is 6.18 Å². The predicted octanol–water partition coefficient (Wildman–Crippen LogP) is 4.85. The van der Waals surface area contributed by atoms with Crippen LogP contribution in [0.3, 0.4) is 0 Å². The maximum Gasteiger partial charge on any atom is 0.416 e. The van der Waals surface area contributed by atoms with Crippen molar-refractivity contribution in [2.24, 2.45) is 0 Å². The highest BCUT2D eigenvalue weighted by Crippen LogP contribution is 2.34. The number of sulfone groups is 1. The lowest BCUT2D eigenvalue weighted by Gasteiger charge is -2.30. The van der Waals surface area contributed by atoms with Crippen LogP contribution in [0.2, 0.25) is 0 Å². The molecular weight excluding hydrogens is 559 g/mol. The van der Waals surface area contributed by atoms with Gasteiger partial charge in [0.15, 0.2) is 9.84 Å². The number of amides is 2. The molecule has 4 rings (SSSR count). The molecule has 0 aromatic heterocycles. The Labute approximate surface area is 235 Å². The number of hydrogen-bond donors (Lipinski definition) is 1. The highest BCUT2D eigenvalue weighted by atomic mass is 32.2. The molecule has 2 amide bonds. The van der Waals surface area contributed by atoms with E-state index in [-0.39, 0.29) is 53.9 Å². The monoisotopic (exact) mass is 585 g/mol. The van der Waals surface area contributed by atoms with Gasteiger partial charge in [-0.3, -0.25) is 9.59 Å². The Morgan fingerprint density at radius 1 is 1.07 bits per heavy atom. The molecule has 0 radical (unpaired) electrons. The summed E-state index contributed by atoms with van der Waals surface area (Å²) in [7, 11) is -3.40. The van der Waals surface area contributed by atoms with E-state index in [0.717, 1.165) is 12.1 Å². The quantitative estimate of drug-likeness (QED) is 0.404. The normalized spacial score (nSPS) is 13.9. The van der Waals surface area contributed by atoms with Gasteiger partial charge in [0.05, 0.1) is 53.4 Å². The maximum atomic E-state index is 13.1. The van der Waals surface area contributed by atoms with Crippen LogP contribution in [0.1, 0.15) is 46.4 Å². The zero-order valence-corrected chi connectivity index (χ0v) is 22.8. The fourth-order valence-corrected chi connectivity index (χ4v) is 5.25. The molecule has 3 aromatic rings. The van der Waals surface area contributed by atoms with Crippen molar-refractivity contribution in [3.05, 3.63) is 89.0 Å². The average Bonchev–Trinajstić information content (AvgIpc) is 2.96. The molecule has 0 bridgehead atoms. The number of benzene rings is 3. The second kappa shape index (κ2) is 12.0. The van der Waals surface area contributed by atoms with Gasteiger partial charge in [-0.15, -0.1) is 0 Å². The van der Waals surface area contributed by atoms with E-state index in [1.54, 1.807) is 25.1 Å². The largest absolute Gasteiger partial charge is 0.490 e. The summed E-state index contributed by atoms with van der Waals surface area (Å²) in [5, 5.41) is 12.1. The Morgan fingerprint density at radius 3 is 2.37 bits per heavy atom. The molecule has 0 spiro atoms. The molecule has 3 aromatic carbocycles. The first-order valence-electron chi connectivity index (χ1n) is 12.7. The summed E-state index contributed by atoms with van der Waals surface area (Å²) in [5.74, 6) is -0.608. The average molecular weight is 586 g/mol. The zero-order valence-electron chi connectivity index (χ0n) is 21.9. The molecule has 0 saturated heterocycles. The molecule has 1 aliphatic heterocycles. The summed E-state index contributed by atoms with van der Waals surface area (Å²) < 4.78 is 68.4. The third kappa shape index (κ3) is 6.86. The molecule has 214 valence electrons. The van der Waals surface area contributed by atoms with Crippen LogP contribution in [0.5, 0.6) is 5.75 Å². The number of ether oxygens (including phenoxy) is 1. The minimum absolute atomic E-state index is 0.0524. The summed E-state index contributed by atoms with van der Waals surface area (Å²) in [6.45, 7) is 1.92. The van der Waals surface area contributed by atoms with E-state index < -0.39 is 33.5 Å². The fourth-order valence-electron chi connectivity index (χ4n) is 4.36. The number of carbonyl (C=O) groups is 2. The van der Waals surface area contributed by atoms with Crippen molar-refractivity contribution >= 4 is 27.3 Å². The second-order valence-corrected chi connectivity index (χ2v) is 11.6. The third-order valence-corrected chi connectivity index (χ3v) is 8.40. The highest BCUT2D eigenvalue weighted by Gasteiger charge is 2.30. The lowest BCUT2D eigenvalue weighted by molar-refractivity contribution is -0.137. The van der Waals surface area contributed by atoms with Crippen LogP contribution in [0.25, 0.3) is 0 Å². The Morgan fingerprint density at radius 2 is 1.76 bits per heavy atom. The lowest BCUT2D eigenvalue weighted by Crippen LogP contribution is -2.39. The number of nitrogens with zero attached hydrogens (tertiary/aromatic N) is 2. The van der Waals surface area contributed by atoms with Crippen molar-refractivity contribution in [3.63, 3.8) is 0 Å². The van der Waals surface area contributed by atoms with Crippen LogP contribution in [0.4, 0.5) is 18.9 Å². The van der Waals surface area contributed by atoms with E-state index in [1.165, 1.54) is 41.3 Å². The summed E-state index contributed by atoms with van der Waals surface area (Å²) in [6.07, 6.45) is -4.64. The molecule has 1 aliphatic rings. The molecule has 8 nitrogen and oxygen atoms in total. The van der Waals surface area contributed by atoms with Gasteiger partial charge in [0.2, 0.25) is 5.91 Å². The number of rotatable bonds is 8. The lowest BCUT2D eigenvalue weighted by atomic mass is 10.0. The summed E-state index contributed by atoms with van der Waals surface area (Å²) in [5.41, 5.74) is 0.828. The van der Waals surface area contributed by atoms with Gasteiger partial charge in [-0.2, -0.15) is 18.4 Å². The van der Waals surface area contributed by atoms with E-state index in [1.807, 2.05) is 6.07 Å². The Balaban J connectivity index is 1.48. The van der Waals surface area contributed by atoms with Crippen molar-refractivity contribution in [2.45, 2.75) is 36.9 Å². The van der Waals surface area contributed by atoms with Crippen molar-refractivity contribution in [3.8, 4) is 11.8 Å². The standard InChI is InChI=1S/C29H26F3N3O5S/c1-2-41(38,39)23-10-5-20(6-11-23)24(13-14-33)34-28(37)21-7-12-25-26(18-21)40-16-15-35(25)27(36)17-19-3-8-22(9-4-19)29(30,31)32/h3-12,18,24H,2,13,15-17H2,1H3,(H,34,37)/t24-/m0/s1. The number of nitrogens with one attached hydrogen (secondary N) is 1. The molecule has 0 aliphatic carbocycles. The van der Waals surface area contributed by atoms with Crippen molar-refractivity contribution in [1.82, 2.24) is 5.32 Å². The van der Waals surface area contributed by atoms with Gasteiger partial charge in [0, 0.05) is 5.56 Å². The van der Waals surface area contributed by atoms with E-state index in [4.69, 9.17) is 4.74 Å². The number of nitriles is 1. The molecule has 0 saturated carbocycles. The van der Waals surface area contributed by atoms with Gasteiger partial charge in [0.1, 0.15) is 12.4 Å². The van der Waals surface area contributed by atoms with Gasteiger partial charge in [0.25, 0.3) is 5.91 Å². The minimum Gasteiger partial charge on any atom is -0.490 e. The maximum absolute atomic E-state index is 13.1. The molecule has 12 heteroatoms. The van der Waals surface area contributed by atoms with Crippen LogP contribution in [-0.2, 0) is 27.2 Å². The van der Waals surface area contributed by atoms with E-state index >= 15 is 0 Å². The fraction of sp³-hybridized carbons (Fsp3) is 0.276. The SMILES string of the molecule is CCS(=O)(=O)c1ccc([C@H](CC#N)NC(=O)c2ccc3c(c2)OCCN3C(=O)Cc2ccc(C(F)(F)F)cc2)cc1. The van der Waals surface area contributed by atoms with Crippen molar-refractivity contribution in [1.29, 1.82) is 5.26 Å². The summed E-state index contributed by atoms with van der Waals surface area (Å²) in [4.78, 5) is 27.7. The molecule has 1 N–H and O–H groups in total. The van der Waals surface area contributed by atoms with Crippen LogP contribution in [0.15, 0.2) is 71.6 Å². The highest BCUT2D eigenvalue weighted by molar-refractivity contribution is 7.91. The van der Waals surface area contributed by atoms with Crippen LogP contribution >= 0.6 is 0 Å². The summed E-state index contributed by atoms with van der Waals surface area (Å²) >= 11 is 0. The third-order valence-electron chi connectivity index (χ3n) is 6.65. The first kappa shape index (κ1) is 29.6. The van der Waals surface area contributed by atoms with Gasteiger partial charge in [-0.25, -0.2) is 8.42 Å². The molecule has 0 fully saturated rings. The van der Waals surface area contributed by atoms with Crippen LogP contribution in [0, 0.1) is 11.3 Å².